The highest BCUT2D eigenvalue weighted by Gasteiger charge is 2.03. The maximum Gasteiger partial charge on any atom is 0.208 e. The van der Waals surface area contributed by atoms with E-state index in [0.29, 0.717) is 31.5 Å². The third-order valence-electron chi connectivity index (χ3n) is 2.79. The number of hydrogen-bond donors (Lipinski definition) is 3. The Kier molecular flexibility index (Phi) is 13.7. The molecule has 0 aromatic rings. The first kappa shape index (κ1) is 23.2. The van der Waals surface area contributed by atoms with Gasteiger partial charge in [0.25, 0.3) is 0 Å². The molecule has 0 radical (unpaired) electrons. The minimum atomic E-state index is -3.11. The Morgan fingerprint density at radius 3 is 2.33 bits per heavy atom. The van der Waals surface area contributed by atoms with Gasteiger partial charge in [-0.15, -0.1) is 24.0 Å². The molecule has 0 rings (SSSR count). The van der Waals surface area contributed by atoms with Crippen LogP contribution >= 0.6 is 24.0 Å². The molecule has 21 heavy (non-hydrogen) atoms. The normalized spacial score (nSPS) is 13.9. The number of nitrogens with two attached hydrogens (primary N) is 1. The summed E-state index contributed by atoms with van der Waals surface area (Å²) in [5.74, 6) is 1.16. The Morgan fingerprint density at radius 2 is 1.81 bits per heavy atom. The number of nitrogens with zero attached hydrogens (tertiary/aromatic N) is 1. The van der Waals surface area contributed by atoms with Crippen LogP contribution in [0.4, 0.5) is 0 Å². The van der Waals surface area contributed by atoms with Gasteiger partial charge in [-0.2, -0.15) is 0 Å². The summed E-state index contributed by atoms with van der Waals surface area (Å²) in [6.07, 6.45) is 5.25. The van der Waals surface area contributed by atoms with Crippen molar-refractivity contribution in [2.45, 2.75) is 52.5 Å². The van der Waals surface area contributed by atoms with E-state index in [4.69, 9.17) is 5.73 Å². The second-order valence-corrected chi connectivity index (χ2v) is 7.49. The van der Waals surface area contributed by atoms with Crippen LogP contribution in [0.15, 0.2) is 4.99 Å². The molecule has 0 spiro atoms. The first-order valence-corrected chi connectivity index (χ1v) is 9.11. The molecule has 0 saturated carbocycles. The predicted molar refractivity (Wildman–Crippen MR) is 101 cm³/mol. The SMILES string of the molecule is CC(C)CCCC(C)NC(N)=NCCCNS(C)(=O)=O.I. The quantitative estimate of drug-likeness (QED) is 0.211. The van der Waals surface area contributed by atoms with Crippen LogP contribution < -0.4 is 15.8 Å². The summed E-state index contributed by atoms with van der Waals surface area (Å²) in [5, 5.41) is 3.15. The van der Waals surface area contributed by atoms with Gasteiger partial charge < -0.3 is 11.1 Å². The Balaban J connectivity index is 0. The smallest absolute Gasteiger partial charge is 0.208 e. The van der Waals surface area contributed by atoms with Crippen LogP contribution in [0.25, 0.3) is 0 Å². The minimum Gasteiger partial charge on any atom is -0.370 e. The van der Waals surface area contributed by atoms with Crippen molar-refractivity contribution in [2.75, 3.05) is 19.3 Å². The lowest BCUT2D eigenvalue weighted by atomic mass is 10.0. The van der Waals surface area contributed by atoms with Crippen molar-refractivity contribution in [3.05, 3.63) is 0 Å². The third kappa shape index (κ3) is 17.9. The van der Waals surface area contributed by atoms with Crippen molar-refractivity contribution < 1.29 is 8.42 Å². The monoisotopic (exact) mass is 434 g/mol. The van der Waals surface area contributed by atoms with Gasteiger partial charge in [0.1, 0.15) is 0 Å². The molecule has 0 bridgehead atoms. The van der Waals surface area contributed by atoms with E-state index in [9.17, 15) is 8.42 Å². The zero-order chi connectivity index (χ0) is 15.6. The molecule has 1 atom stereocenters. The predicted octanol–water partition coefficient (Wildman–Crippen LogP) is 1.66. The highest BCUT2D eigenvalue weighted by molar-refractivity contribution is 14.0. The molecule has 4 N–H and O–H groups in total. The Morgan fingerprint density at radius 1 is 1.19 bits per heavy atom. The van der Waals surface area contributed by atoms with E-state index in [0.717, 1.165) is 18.6 Å². The van der Waals surface area contributed by atoms with Gasteiger partial charge in [-0.25, -0.2) is 13.1 Å². The molecular weight excluding hydrogens is 403 g/mol. The topological polar surface area (TPSA) is 96.6 Å². The average molecular weight is 434 g/mol. The first-order chi connectivity index (χ1) is 9.20. The summed E-state index contributed by atoms with van der Waals surface area (Å²) in [7, 11) is -3.11. The van der Waals surface area contributed by atoms with Gasteiger partial charge in [0.15, 0.2) is 5.96 Å². The van der Waals surface area contributed by atoms with Crippen molar-refractivity contribution in [2.24, 2.45) is 16.6 Å². The van der Waals surface area contributed by atoms with E-state index in [1.54, 1.807) is 0 Å². The van der Waals surface area contributed by atoms with Gasteiger partial charge in [-0.3, -0.25) is 4.99 Å². The lowest BCUT2D eigenvalue weighted by molar-refractivity contribution is 0.493. The number of aliphatic imine (C=N–C) groups is 1. The fourth-order valence-electron chi connectivity index (χ4n) is 1.74. The molecule has 0 aliphatic heterocycles. The fourth-order valence-corrected chi connectivity index (χ4v) is 2.25. The maximum atomic E-state index is 10.8. The molecule has 6 nitrogen and oxygen atoms in total. The van der Waals surface area contributed by atoms with Crippen molar-refractivity contribution in [1.29, 1.82) is 0 Å². The van der Waals surface area contributed by atoms with Crippen molar-refractivity contribution >= 4 is 40.0 Å². The summed E-state index contributed by atoms with van der Waals surface area (Å²) in [6.45, 7) is 7.43. The van der Waals surface area contributed by atoms with E-state index in [2.05, 4.69) is 35.8 Å². The molecule has 0 fully saturated rings. The van der Waals surface area contributed by atoms with Gasteiger partial charge in [0.2, 0.25) is 10.0 Å². The highest BCUT2D eigenvalue weighted by Crippen LogP contribution is 2.07. The Labute approximate surface area is 146 Å². The first-order valence-electron chi connectivity index (χ1n) is 7.21. The molecule has 0 aromatic carbocycles. The second kappa shape index (κ2) is 12.5. The number of hydrogen-bond acceptors (Lipinski definition) is 3. The van der Waals surface area contributed by atoms with Gasteiger partial charge >= 0.3 is 0 Å². The number of halogens is 1. The number of sulfonamides is 1. The van der Waals surface area contributed by atoms with Crippen LogP contribution in [-0.2, 0) is 10.0 Å². The summed E-state index contributed by atoms with van der Waals surface area (Å²) in [5.41, 5.74) is 5.77. The van der Waals surface area contributed by atoms with E-state index >= 15 is 0 Å². The van der Waals surface area contributed by atoms with E-state index in [1.807, 2.05) is 0 Å². The van der Waals surface area contributed by atoms with Crippen LogP contribution in [0.5, 0.6) is 0 Å². The van der Waals surface area contributed by atoms with E-state index < -0.39 is 10.0 Å². The summed E-state index contributed by atoms with van der Waals surface area (Å²) in [4.78, 5) is 4.18. The number of guanidine groups is 1. The molecule has 0 aliphatic carbocycles. The van der Waals surface area contributed by atoms with Gasteiger partial charge in [-0.1, -0.05) is 26.7 Å². The van der Waals surface area contributed by atoms with Crippen LogP contribution in [0, 0.1) is 5.92 Å². The Bertz CT molecular complexity index is 386. The molecule has 1 unspecified atom stereocenters. The molecule has 0 aliphatic rings. The lowest BCUT2D eigenvalue weighted by Crippen LogP contribution is -2.38. The maximum absolute atomic E-state index is 10.8. The molecule has 0 aromatic heterocycles. The third-order valence-corrected chi connectivity index (χ3v) is 3.52. The van der Waals surface area contributed by atoms with Crippen LogP contribution in [-0.4, -0.2) is 39.8 Å². The zero-order valence-electron chi connectivity index (χ0n) is 13.6. The van der Waals surface area contributed by atoms with Gasteiger partial charge in [-0.05, 0) is 25.7 Å². The standard InChI is InChI=1S/C13H30N4O2S.HI/c1-11(2)7-5-8-12(3)17-13(14)15-9-6-10-16-20(4,18)19;/h11-12,16H,5-10H2,1-4H3,(H3,14,15,17);1H. The zero-order valence-corrected chi connectivity index (χ0v) is 16.7. The molecular formula is C13H31IN4O2S. The van der Waals surface area contributed by atoms with Crippen LogP contribution in [0.1, 0.15) is 46.5 Å². The average Bonchev–Trinajstić information content (AvgIpc) is 2.26. The molecule has 0 saturated heterocycles. The summed E-state index contributed by atoms with van der Waals surface area (Å²) < 4.78 is 24.1. The molecule has 0 amide bonds. The highest BCUT2D eigenvalue weighted by atomic mass is 127. The molecule has 8 heteroatoms. The van der Waals surface area contributed by atoms with E-state index in [1.165, 1.54) is 12.8 Å². The Hall–Kier alpha value is -0.0900. The minimum absolute atomic E-state index is 0. The molecule has 0 heterocycles. The summed E-state index contributed by atoms with van der Waals surface area (Å²) >= 11 is 0. The second-order valence-electron chi connectivity index (χ2n) is 5.66. The fraction of sp³-hybridized carbons (Fsp3) is 0.923. The number of nitrogens with one attached hydrogen (secondary N) is 2. The van der Waals surface area contributed by atoms with Crippen LogP contribution in [0.3, 0.4) is 0 Å². The van der Waals surface area contributed by atoms with Gasteiger partial charge in [0, 0.05) is 19.1 Å². The van der Waals surface area contributed by atoms with Crippen LogP contribution in [0.2, 0.25) is 0 Å². The van der Waals surface area contributed by atoms with Crippen molar-refractivity contribution in [3.8, 4) is 0 Å². The van der Waals surface area contributed by atoms with Gasteiger partial charge in [0.05, 0.1) is 6.26 Å². The number of rotatable bonds is 10. The van der Waals surface area contributed by atoms with Crippen molar-refractivity contribution in [1.82, 2.24) is 10.0 Å². The van der Waals surface area contributed by atoms with Crippen molar-refractivity contribution in [3.63, 3.8) is 0 Å². The molecule has 128 valence electrons. The summed E-state index contributed by atoms with van der Waals surface area (Å²) in [6, 6.07) is 0.312. The lowest BCUT2D eigenvalue weighted by Gasteiger charge is -2.15. The largest absolute Gasteiger partial charge is 0.370 e. The van der Waals surface area contributed by atoms with E-state index in [-0.39, 0.29) is 24.0 Å².